The fourth-order valence-corrected chi connectivity index (χ4v) is 3.99. The minimum atomic E-state index is -1.15. The molecule has 4 atom stereocenters. The summed E-state index contributed by atoms with van der Waals surface area (Å²) in [5.74, 6) is 0.859. The number of anilines is 2. The second kappa shape index (κ2) is 8.07. The Hall–Kier alpha value is -2.75. The van der Waals surface area contributed by atoms with Gasteiger partial charge in [-0.2, -0.15) is 0 Å². The number of fused-ring (bicyclic) bond motifs is 2. The second-order valence-electron chi connectivity index (χ2n) is 7.26. The molecule has 0 spiro atoms. The van der Waals surface area contributed by atoms with E-state index < -0.39 is 30.3 Å². The maximum atomic E-state index is 13.8. The van der Waals surface area contributed by atoms with Gasteiger partial charge < -0.3 is 24.3 Å². The Bertz CT molecular complexity index is 1140. The van der Waals surface area contributed by atoms with Crippen LogP contribution < -0.4 is 14.8 Å². The smallest absolute Gasteiger partial charge is 0.164 e. The number of ether oxygens (including phenoxy) is 4. The van der Waals surface area contributed by atoms with Gasteiger partial charge in [0.15, 0.2) is 23.8 Å². The van der Waals surface area contributed by atoms with Crippen molar-refractivity contribution >= 4 is 34.0 Å². The fraction of sp³-hybridized carbons (Fsp3) is 0.333. The van der Waals surface area contributed by atoms with E-state index >= 15 is 0 Å². The third-order valence-corrected chi connectivity index (χ3v) is 5.62. The minimum absolute atomic E-state index is 0.000293. The minimum Gasteiger partial charge on any atom is -0.493 e. The van der Waals surface area contributed by atoms with Crippen LogP contribution in [-0.4, -0.2) is 54.8 Å². The molecule has 3 heterocycles. The quantitative estimate of drug-likeness (QED) is 0.629. The summed E-state index contributed by atoms with van der Waals surface area (Å²) < 4.78 is 49.9. The van der Waals surface area contributed by atoms with E-state index in [1.807, 2.05) is 0 Å². The van der Waals surface area contributed by atoms with Gasteiger partial charge in [-0.3, -0.25) is 0 Å². The largest absolute Gasteiger partial charge is 0.493 e. The summed E-state index contributed by atoms with van der Waals surface area (Å²) in [4.78, 5) is 8.59. The SMILES string of the molecule is COc1cc2c(Nc3ccc(F)c(Cl)c3)ncnc2cc1O[C@@H]1CO[C@@H]2C1OC[C@H]2F. The van der Waals surface area contributed by atoms with Crippen LogP contribution in [0.5, 0.6) is 11.5 Å². The maximum Gasteiger partial charge on any atom is 0.164 e. The lowest BCUT2D eigenvalue weighted by atomic mass is 10.1. The van der Waals surface area contributed by atoms with Crippen LogP contribution in [0.4, 0.5) is 20.3 Å². The van der Waals surface area contributed by atoms with E-state index in [2.05, 4.69) is 15.3 Å². The van der Waals surface area contributed by atoms with Gasteiger partial charge in [0.2, 0.25) is 0 Å². The van der Waals surface area contributed by atoms with Crippen LogP contribution in [0.1, 0.15) is 0 Å². The van der Waals surface area contributed by atoms with E-state index in [0.29, 0.717) is 33.9 Å². The molecule has 3 aromatic rings. The van der Waals surface area contributed by atoms with Crippen molar-refractivity contribution in [1.82, 2.24) is 9.97 Å². The third-order valence-electron chi connectivity index (χ3n) is 5.33. The Labute approximate surface area is 181 Å². The van der Waals surface area contributed by atoms with Crippen LogP contribution >= 0.6 is 11.6 Å². The van der Waals surface area contributed by atoms with Gasteiger partial charge in [-0.15, -0.1) is 0 Å². The van der Waals surface area contributed by atoms with E-state index in [1.165, 1.54) is 25.6 Å². The number of alkyl halides is 1. The third kappa shape index (κ3) is 3.73. The molecule has 2 fully saturated rings. The molecule has 2 aromatic carbocycles. The van der Waals surface area contributed by atoms with Crippen LogP contribution in [0, 0.1) is 5.82 Å². The highest BCUT2D eigenvalue weighted by Gasteiger charge is 2.49. The van der Waals surface area contributed by atoms with E-state index in [0.717, 1.165) is 0 Å². The van der Waals surface area contributed by atoms with E-state index in [4.69, 9.17) is 30.5 Å². The second-order valence-corrected chi connectivity index (χ2v) is 7.67. The molecule has 5 rings (SSSR count). The molecule has 0 amide bonds. The van der Waals surface area contributed by atoms with Gasteiger partial charge in [-0.05, 0) is 24.3 Å². The lowest BCUT2D eigenvalue weighted by Crippen LogP contribution is -2.33. The molecule has 0 aliphatic carbocycles. The number of aromatic nitrogens is 2. The monoisotopic (exact) mass is 449 g/mol. The first-order valence-corrected chi connectivity index (χ1v) is 10.00. The zero-order valence-electron chi connectivity index (χ0n) is 16.3. The predicted molar refractivity (Wildman–Crippen MR) is 110 cm³/mol. The maximum absolute atomic E-state index is 13.8. The number of nitrogens with one attached hydrogen (secondary N) is 1. The first-order valence-electron chi connectivity index (χ1n) is 9.62. The van der Waals surface area contributed by atoms with Gasteiger partial charge in [0.25, 0.3) is 0 Å². The normalized spacial score (nSPS) is 24.9. The van der Waals surface area contributed by atoms with E-state index in [-0.39, 0.29) is 18.2 Å². The summed E-state index contributed by atoms with van der Waals surface area (Å²) >= 11 is 5.87. The molecule has 0 bridgehead atoms. The predicted octanol–water partition coefficient (Wildman–Crippen LogP) is 4.06. The van der Waals surface area contributed by atoms with Crippen molar-refractivity contribution in [3.8, 4) is 11.5 Å². The zero-order valence-corrected chi connectivity index (χ0v) is 17.1. The lowest BCUT2D eigenvalue weighted by Gasteiger charge is -2.20. The Balaban J connectivity index is 1.45. The number of hydrogen-bond donors (Lipinski definition) is 1. The van der Waals surface area contributed by atoms with Crippen molar-refractivity contribution in [2.75, 3.05) is 25.6 Å². The Morgan fingerprint density at radius 2 is 1.94 bits per heavy atom. The fourth-order valence-electron chi connectivity index (χ4n) is 3.81. The van der Waals surface area contributed by atoms with Gasteiger partial charge in [-0.1, -0.05) is 11.6 Å². The summed E-state index contributed by atoms with van der Waals surface area (Å²) in [7, 11) is 1.52. The molecule has 2 aliphatic rings. The molecule has 0 saturated carbocycles. The molecule has 2 saturated heterocycles. The van der Waals surface area contributed by atoms with Crippen molar-refractivity contribution in [3.05, 3.63) is 47.5 Å². The summed E-state index contributed by atoms with van der Waals surface area (Å²) in [5, 5.41) is 3.77. The topological polar surface area (TPSA) is 74.7 Å². The molecule has 1 unspecified atom stereocenters. The number of rotatable bonds is 5. The summed E-state index contributed by atoms with van der Waals surface area (Å²) in [6.45, 7) is 0.221. The highest BCUT2D eigenvalue weighted by Crippen LogP contribution is 2.38. The van der Waals surface area contributed by atoms with Gasteiger partial charge in [0.05, 0.1) is 30.9 Å². The summed E-state index contributed by atoms with van der Waals surface area (Å²) in [6, 6.07) is 7.74. The summed E-state index contributed by atoms with van der Waals surface area (Å²) in [6.07, 6.45) is -1.30. The number of methoxy groups -OCH3 is 1. The van der Waals surface area contributed by atoms with Crippen molar-refractivity contribution < 1.29 is 27.7 Å². The average Bonchev–Trinajstić information content (AvgIpc) is 3.34. The number of halogens is 3. The van der Waals surface area contributed by atoms with Gasteiger partial charge in [0, 0.05) is 17.1 Å². The Morgan fingerprint density at radius 1 is 1.10 bits per heavy atom. The van der Waals surface area contributed by atoms with Crippen LogP contribution in [-0.2, 0) is 9.47 Å². The molecular weight excluding hydrogens is 432 g/mol. The van der Waals surface area contributed by atoms with Crippen LogP contribution in [0.2, 0.25) is 5.02 Å². The van der Waals surface area contributed by atoms with Gasteiger partial charge >= 0.3 is 0 Å². The zero-order chi connectivity index (χ0) is 21.5. The van der Waals surface area contributed by atoms with E-state index in [9.17, 15) is 8.78 Å². The molecule has 2 aliphatic heterocycles. The van der Waals surface area contributed by atoms with Crippen molar-refractivity contribution in [3.63, 3.8) is 0 Å². The van der Waals surface area contributed by atoms with E-state index in [1.54, 1.807) is 18.2 Å². The molecule has 31 heavy (non-hydrogen) atoms. The first kappa shape index (κ1) is 20.2. The first-order chi connectivity index (χ1) is 15.0. The van der Waals surface area contributed by atoms with Gasteiger partial charge in [-0.25, -0.2) is 18.7 Å². The molecule has 1 aromatic heterocycles. The van der Waals surface area contributed by atoms with Crippen LogP contribution in [0.3, 0.4) is 0 Å². The van der Waals surface area contributed by atoms with Crippen molar-refractivity contribution in [2.24, 2.45) is 0 Å². The van der Waals surface area contributed by atoms with Crippen molar-refractivity contribution in [1.29, 1.82) is 0 Å². The highest BCUT2D eigenvalue weighted by molar-refractivity contribution is 6.31. The van der Waals surface area contributed by atoms with Crippen LogP contribution in [0.25, 0.3) is 10.9 Å². The average molecular weight is 450 g/mol. The molecule has 7 nitrogen and oxygen atoms in total. The molecule has 1 N–H and O–H groups in total. The molecular formula is C21H18ClF2N3O4. The standard InChI is InChI=1S/C21H18ClF2N3O4/c1-28-16-5-11-15(6-17(16)31-18-8-30-19-14(24)7-29-20(18)19)25-9-26-21(11)27-10-2-3-13(23)12(22)4-10/h2-6,9,14,18-20H,7-8H2,1H3,(H,25,26,27)/t14-,18-,19+,20?/m1/s1. The molecule has 0 radical (unpaired) electrons. The van der Waals surface area contributed by atoms with Gasteiger partial charge in [0.1, 0.15) is 30.2 Å². The number of benzene rings is 2. The van der Waals surface area contributed by atoms with Crippen molar-refractivity contribution in [2.45, 2.75) is 24.5 Å². The lowest BCUT2D eigenvalue weighted by molar-refractivity contribution is 0.0271. The highest BCUT2D eigenvalue weighted by atomic mass is 35.5. The number of hydrogen-bond acceptors (Lipinski definition) is 7. The molecule has 10 heteroatoms. The Kier molecular flexibility index (Phi) is 5.25. The molecule has 162 valence electrons. The number of nitrogens with zero attached hydrogens (tertiary/aromatic N) is 2. The summed E-state index contributed by atoms with van der Waals surface area (Å²) in [5.41, 5.74) is 1.16. The Morgan fingerprint density at radius 3 is 2.74 bits per heavy atom. The van der Waals surface area contributed by atoms with Crippen LogP contribution in [0.15, 0.2) is 36.7 Å².